The predicted molar refractivity (Wildman–Crippen MR) is 87.2 cm³/mol. The zero-order valence-electron chi connectivity index (χ0n) is 10.6. The van der Waals surface area contributed by atoms with Crippen LogP contribution in [-0.2, 0) is 0 Å². The van der Waals surface area contributed by atoms with Crippen molar-refractivity contribution in [3.8, 4) is 5.75 Å². The molecule has 2 aromatic carbocycles. The third-order valence-electron chi connectivity index (χ3n) is 2.68. The van der Waals surface area contributed by atoms with Gasteiger partial charge in [-0.15, -0.1) is 0 Å². The number of amides is 1. The van der Waals surface area contributed by atoms with Gasteiger partial charge in [0.05, 0.1) is 18.4 Å². The average molecular weight is 400 g/mol. The molecule has 3 N–H and O–H groups in total. The summed E-state index contributed by atoms with van der Waals surface area (Å²) in [6, 6.07) is 10.4. The lowest BCUT2D eigenvalue weighted by Gasteiger charge is -2.10. The second-order valence-corrected chi connectivity index (χ2v) is 5.80. The number of nitrogens with two attached hydrogens (primary N) is 1. The van der Waals surface area contributed by atoms with Crippen molar-refractivity contribution in [3.05, 3.63) is 50.9 Å². The lowest BCUT2D eigenvalue weighted by molar-refractivity contribution is 0.102. The number of rotatable bonds is 3. The van der Waals surface area contributed by atoms with Gasteiger partial charge < -0.3 is 15.8 Å². The van der Waals surface area contributed by atoms with E-state index in [0.29, 0.717) is 22.7 Å². The van der Waals surface area contributed by atoms with Gasteiger partial charge in [-0.1, -0.05) is 15.9 Å². The summed E-state index contributed by atoms with van der Waals surface area (Å²) >= 11 is 6.75. The quantitative estimate of drug-likeness (QED) is 0.765. The first kappa shape index (κ1) is 14.9. The zero-order valence-corrected chi connectivity index (χ0v) is 13.8. The molecule has 0 aromatic heterocycles. The SMILES string of the molecule is COc1ccc(C(=O)Nc2ccc(Br)cc2Br)c(N)c1. The number of anilines is 2. The zero-order chi connectivity index (χ0) is 14.7. The van der Waals surface area contributed by atoms with Crippen LogP contribution in [0.5, 0.6) is 5.75 Å². The minimum atomic E-state index is -0.270. The number of methoxy groups -OCH3 is 1. The fourth-order valence-corrected chi connectivity index (χ4v) is 2.80. The smallest absolute Gasteiger partial charge is 0.257 e. The highest BCUT2D eigenvalue weighted by Gasteiger charge is 2.12. The summed E-state index contributed by atoms with van der Waals surface area (Å²) in [7, 11) is 1.55. The van der Waals surface area contributed by atoms with Gasteiger partial charge in [0.2, 0.25) is 0 Å². The number of hydrogen-bond acceptors (Lipinski definition) is 3. The van der Waals surface area contributed by atoms with Crippen LogP contribution in [0.1, 0.15) is 10.4 Å². The maximum atomic E-state index is 12.2. The molecule has 0 heterocycles. The largest absolute Gasteiger partial charge is 0.497 e. The Morgan fingerprint density at radius 1 is 1.20 bits per heavy atom. The summed E-state index contributed by atoms with van der Waals surface area (Å²) < 4.78 is 6.76. The molecule has 20 heavy (non-hydrogen) atoms. The van der Waals surface area contributed by atoms with Crippen molar-refractivity contribution in [2.75, 3.05) is 18.2 Å². The van der Waals surface area contributed by atoms with E-state index in [1.807, 2.05) is 12.1 Å². The van der Waals surface area contributed by atoms with Gasteiger partial charge in [0, 0.05) is 20.7 Å². The Morgan fingerprint density at radius 3 is 2.55 bits per heavy atom. The molecule has 0 bridgehead atoms. The third kappa shape index (κ3) is 3.32. The van der Waals surface area contributed by atoms with E-state index in [0.717, 1.165) is 8.95 Å². The number of carbonyl (C=O) groups excluding carboxylic acids is 1. The van der Waals surface area contributed by atoms with Crippen molar-refractivity contribution in [2.24, 2.45) is 0 Å². The van der Waals surface area contributed by atoms with Crippen LogP contribution >= 0.6 is 31.9 Å². The topological polar surface area (TPSA) is 64.3 Å². The van der Waals surface area contributed by atoms with Crippen molar-refractivity contribution in [2.45, 2.75) is 0 Å². The molecule has 104 valence electrons. The average Bonchev–Trinajstić information content (AvgIpc) is 2.41. The van der Waals surface area contributed by atoms with Crippen LogP contribution in [0.4, 0.5) is 11.4 Å². The molecule has 0 aliphatic rings. The Balaban J connectivity index is 2.24. The van der Waals surface area contributed by atoms with Crippen LogP contribution in [0.2, 0.25) is 0 Å². The summed E-state index contributed by atoms with van der Waals surface area (Å²) in [6.45, 7) is 0. The van der Waals surface area contributed by atoms with Crippen LogP contribution < -0.4 is 15.8 Å². The van der Waals surface area contributed by atoms with Gasteiger partial charge in [-0.2, -0.15) is 0 Å². The number of ether oxygens (including phenoxy) is 1. The molecule has 0 saturated carbocycles. The number of nitrogens with one attached hydrogen (secondary N) is 1. The molecule has 0 spiro atoms. The second kappa shape index (κ2) is 6.28. The van der Waals surface area contributed by atoms with E-state index in [-0.39, 0.29) is 5.91 Å². The first-order valence-electron chi connectivity index (χ1n) is 5.71. The van der Waals surface area contributed by atoms with E-state index >= 15 is 0 Å². The van der Waals surface area contributed by atoms with Crippen LogP contribution in [0, 0.1) is 0 Å². The fraction of sp³-hybridized carbons (Fsp3) is 0.0714. The Labute approximate surface area is 133 Å². The Morgan fingerprint density at radius 2 is 1.95 bits per heavy atom. The van der Waals surface area contributed by atoms with Gasteiger partial charge in [0.1, 0.15) is 5.75 Å². The van der Waals surface area contributed by atoms with E-state index in [4.69, 9.17) is 10.5 Å². The molecule has 0 aliphatic carbocycles. The van der Waals surface area contributed by atoms with Crippen molar-refractivity contribution in [3.63, 3.8) is 0 Å². The maximum Gasteiger partial charge on any atom is 0.257 e. The summed E-state index contributed by atoms with van der Waals surface area (Å²) in [4.78, 5) is 12.2. The van der Waals surface area contributed by atoms with E-state index in [2.05, 4.69) is 37.2 Å². The monoisotopic (exact) mass is 398 g/mol. The van der Waals surface area contributed by atoms with Gasteiger partial charge in [-0.25, -0.2) is 0 Å². The van der Waals surface area contributed by atoms with E-state index in [9.17, 15) is 4.79 Å². The molecule has 0 atom stereocenters. The lowest BCUT2D eigenvalue weighted by atomic mass is 10.1. The maximum absolute atomic E-state index is 12.2. The van der Waals surface area contributed by atoms with E-state index in [1.54, 1.807) is 31.4 Å². The summed E-state index contributed by atoms with van der Waals surface area (Å²) in [5.41, 5.74) is 7.30. The van der Waals surface area contributed by atoms with Gasteiger partial charge in [-0.05, 0) is 46.3 Å². The molecule has 6 heteroatoms. The van der Waals surface area contributed by atoms with Crippen LogP contribution in [0.15, 0.2) is 45.3 Å². The van der Waals surface area contributed by atoms with Gasteiger partial charge in [-0.3, -0.25) is 4.79 Å². The highest BCUT2D eigenvalue weighted by molar-refractivity contribution is 9.11. The van der Waals surface area contributed by atoms with Crippen molar-refractivity contribution in [1.82, 2.24) is 0 Å². The highest BCUT2D eigenvalue weighted by atomic mass is 79.9. The molecule has 2 aromatic rings. The first-order chi connectivity index (χ1) is 9.51. The van der Waals surface area contributed by atoms with E-state index in [1.165, 1.54) is 0 Å². The number of benzene rings is 2. The molecule has 0 unspecified atom stereocenters. The third-order valence-corrected chi connectivity index (χ3v) is 3.83. The Bertz CT molecular complexity index is 660. The Hall–Kier alpha value is -1.53. The fourth-order valence-electron chi connectivity index (χ4n) is 1.66. The molecule has 0 aliphatic heterocycles. The molecule has 0 saturated heterocycles. The Kier molecular flexibility index (Phi) is 4.67. The van der Waals surface area contributed by atoms with E-state index < -0.39 is 0 Å². The van der Waals surface area contributed by atoms with Crippen LogP contribution in [0.25, 0.3) is 0 Å². The standard InChI is InChI=1S/C14H12Br2N2O2/c1-20-9-3-4-10(12(17)7-9)14(19)18-13-5-2-8(15)6-11(13)16/h2-7H,17H2,1H3,(H,18,19). The van der Waals surface area contributed by atoms with Crippen molar-refractivity contribution >= 4 is 49.1 Å². The molecule has 0 fully saturated rings. The second-order valence-electron chi connectivity index (χ2n) is 4.03. The summed E-state index contributed by atoms with van der Waals surface area (Å²) in [5.74, 6) is 0.344. The van der Waals surface area contributed by atoms with Crippen LogP contribution in [-0.4, -0.2) is 13.0 Å². The van der Waals surface area contributed by atoms with Crippen LogP contribution in [0.3, 0.4) is 0 Å². The highest BCUT2D eigenvalue weighted by Crippen LogP contribution is 2.27. The summed E-state index contributed by atoms with van der Waals surface area (Å²) in [5, 5.41) is 2.80. The van der Waals surface area contributed by atoms with Gasteiger partial charge >= 0.3 is 0 Å². The minimum absolute atomic E-state index is 0.270. The molecule has 2 rings (SSSR count). The normalized spacial score (nSPS) is 10.2. The first-order valence-corrected chi connectivity index (χ1v) is 7.30. The predicted octanol–water partition coefficient (Wildman–Crippen LogP) is 4.05. The number of halogens is 2. The molecule has 1 amide bonds. The lowest BCUT2D eigenvalue weighted by Crippen LogP contribution is -2.14. The van der Waals surface area contributed by atoms with Crippen molar-refractivity contribution in [1.29, 1.82) is 0 Å². The molecular formula is C14H12Br2N2O2. The minimum Gasteiger partial charge on any atom is -0.497 e. The molecule has 0 radical (unpaired) electrons. The molecular weight excluding hydrogens is 388 g/mol. The summed E-state index contributed by atoms with van der Waals surface area (Å²) in [6.07, 6.45) is 0. The van der Waals surface area contributed by atoms with Gasteiger partial charge in [0.25, 0.3) is 5.91 Å². The number of nitrogen functional groups attached to an aromatic ring is 1. The molecule has 4 nitrogen and oxygen atoms in total. The van der Waals surface area contributed by atoms with Gasteiger partial charge in [0.15, 0.2) is 0 Å². The van der Waals surface area contributed by atoms with Crippen molar-refractivity contribution < 1.29 is 9.53 Å². The number of carbonyl (C=O) groups is 1. The number of hydrogen-bond donors (Lipinski definition) is 2.